The van der Waals surface area contributed by atoms with Crippen LogP contribution in [0.15, 0.2) is 278 Å². The van der Waals surface area contributed by atoms with E-state index in [1.165, 1.54) is 24.9 Å². The molecular formula is C88H62Cl7N17O4. The van der Waals surface area contributed by atoms with Gasteiger partial charge in [0.05, 0.1) is 108 Å². The van der Waals surface area contributed by atoms with Crippen molar-refractivity contribution in [2.24, 2.45) is 15.7 Å². The summed E-state index contributed by atoms with van der Waals surface area (Å²) in [5.41, 5.74) is 18.6. The first-order valence-corrected chi connectivity index (χ1v) is 37.4. The maximum Gasteiger partial charge on any atom is 0.252 e. The normalized spacial score (nSPS) is 11.6. The quantitative estimate of drug-likeness (QED) is 0.0285. The van der Waals surface area contributed by atoms with E-state index >= 15 is 0 Å². The number of hydrogen-bond donors (Lipinski definition) is 5. The fraction of sp³-hybridized carbons (Fsp3) is 0.0682. The number of pyridine rings is 4. The SMILES string of the molecule is Cc1cc(C(=O)N[C@@H](c2ccc(Cl)cc2)c2ccc(C#N)cn2)ccc1C#N.Cc1cc(C(=O)N[C@@H](c2ccc(Cl)cc2)c2cnc(Cl)nc2)ccc1C#N.N#Cc1ccc([C@@H](NC(=O)c2ccc(N=CN=CN)cc2)c2ccc(Cl)cc2)nc1.O=C(N[C@@H](c1ccc(Cl)c(Cl)c1)c1ccc(Cl)cn1)c1ccc(-c2ccccn2)cc1. The number of carbonyl (C=O) groups excluding carboxylic acids is 4. The number of rotatable bonds is 19. The molecule has 0 saturated heterocycles. The largest absolute Gasteiger partial charge is 0.390 e. The first-order chi connectivity index (χ1) is 56.1. The van der Waals surface area contributed by atoms with Gasteiger partial charge in [-0.2, -0.15) is 21.0 Å². The number of nitrogens with zero attached hydrogens (tertiary/aromatic N) is 12. The van der Waals surface area contributed by atoms with Crippen molar-refractivity contribution in [1.82, 2.24) is 51.2 Å². The average molecular weight is 1670 g/mol. The molecule has 0 bridgehead atoms. The van der Waals surface area contributed by atoms with E-state index in [9.17, 15) is 19.2 Å². The molecule has 6 N–H and O–H groups in total. The Morgan fingerprint density at radius 2 is 0.802 bits per heavy atom. The number of benzene rings is 8. The third kappa shape index (κ3) is 23.8. The van der Waals surface area contributed by atoms with Crippen molar-refractivity contribution in [3.8, 4) is 35.5 Å². The molecule has 21 nitrogen and oxygen atoms in total. The van der Waals surface area contributed by atoms with E-state index in [1.807, 2.05) is 78.9 Å². The van der Waals surface area contributed by atoms with E-state index in [0.29, 0.717) is 103 Å². The fourth-order valence-electron chi connectivity index (χ4n) is 11.2. The minimum Gasteiger partial charge on any atom is -0.390 e. The average Bonchev–Trinajstić information content (AvgIpc) is 0.831. The van der Waals surface area contributed by atoms with E-state index in [1.54, 1.807) is 196 Å². The lowest BCUT2D eigenvalue weighted by Gasteiger charge is -2.20. The van der Waals surface area contributed by atoms with Gasteiger partial charge in [0, 0.05) is 85.6 Å². The second-order valence-corrected chi connectivity index (χ2v) is 27.9. The number of aryl methyl sites for hydroxylation is 2. The summed E-state index contributed by atoms with van der Waals surface area (Å²) in [6.07, 6.45) is 11.8. The van der Waals surface area contributed by atoms with Crippen molar-refractivity contribution < 1.29 is 19.2 Å². The highest BCUT2D eigenvalue weighted by atomic mass is 35.5. The Bertz CT molecular complexity index is 5810. The van der Waals surface area contributed by atoms with E-state index in [2.05, 4.69) is 73.3 Å². The molecule has 116 heavy (non-hydrogen) atoms. The Kier molecular flexibility index (Phi) is 30.6. The lowest BCUT2D eigenvalue weighted by molar-refractivity contribution is 0.0934. The van der Waals surface area contributed by atoms with Gasteiger partial charge in [0.25, 0.3) is 23.6 Å². The zero-order chi connectivity index (χ0) is 82.6. The molecule has 13 rings (SSSR count). The maximum atomic E-state index is 13.0. The highest BCUT2D eigenvalue weighted by Crippen LogP contribution is 2.32. The molecule has 8 aromatic carbocycles. The van der Waals surface area contributed by atoms with Crippen molar-refractivity contribution >= 4 is 123 Å². The summed E-state index contributed by atoms with van der Waals surface area (Å²) in [5, 5.41) is 51.3. The first-order valence-electron chi connectivity index (χ1n) is 34.8. The van der Waals surface area contributed by atoms with Crippen LogP contribution in [0.5, 0.6) is 0 Å². The van der Waals surface area contributed by atoms with E-state index in [-0.39, 0.29) is 28.9 Å². The molecule has 4 amide bonds. The summed E-state index contributed by atoms with van der Waals surface area (Å²) in [5.74, 6) is -1.10. The molecular weight excluding hydrogens is 1610 g/mol. The molecule has 5 heterocycles. The first kappa shape index (κ1) is 84.9. The van der Waals surface area contributed by atoms with Gasteiger partial charge in [-0.1, -0.05) is 130 Å². The summed E-state index contributed by atoms with van der Waals surface area (Å²) in [6.45, 7) is 3.58. The van der Waals surface area contributed by atoms with Gasteiger partial charge in [0.2, 0.25) is 5.28 Å². The van der Waals surface area contributed by atoms with Crippen LogP contribution in [-0.2, 0) is 0 Å². The third-order valence-electron chi connectivity index (χ3n) is 17.2. The number of hydrogen-bond acceptors (Lipinski definition) is 15. The number of amides is 4. The predicted octanol–water partition coefficient (Wildman–Crippen LogP) is 19.2. The molecule has 572 valence electrons. The number of carbonyl (C=O) groups is 4. The van der Waals surface area contributed by atoms with Gasteiger partial charge in [-0.3, -0.25) is 39.1 Å². The lowest BCUT2D eigenvalue weighted by Crippen LogP contribution is -2.30. The Hall–Kier alpha value is -13.6. The van der Waals surface area contributed by atoms with E-state index < -0.39 is 24.2 Å². The van der Waals surface area contributed by atoms with Gasteiger partial charge in [0.1, 0.15) is 18.5 Å². The van der Waals surface area contributed by atoms with Crippen molar-refractivity contribution in [1.29, 1.82) is 21.0 Å². The topological polar surface area (TPSA) is 340 Å². The zero-order valence-corrected chi connectivity index (χ0v) is 66.4. The summed E-state index contributed by atoms with van der Waals surface area (Å²) in [7, 11) is 0. The van der Waals surface area contributed by atoms with Gasteiger partial charge in [-0.05, 0) is 229 Å². The molecule has 0 aliphatic rings. The second-order valence-electron chi connectivity index (χ2n) is 25.0. The molecule has 0 aliphatic heterocycles. The lowest BCUT2D eigenvalue weighted by atomic mass is 10.00. The fourth-order valence-corrected chi connectivity index (χ4v) is 12.1. The highest BCUT2D eigenvalue weighted by Gasteiger charge is 2.25. The molecule has 0 spiro atoms. The van der Waals surface area contributed by atoms with Gasteiger partial charge >= 0.3 is 0 Å². The highest BCUT2D eigenvalue weighted by molar-refractivity contribution is 6.42. The molecule has 0 aliphatic carbocycles. The molecule has 28 heteroatoms. The molecule has 13 aromatic rings. The van der Waals surface area contributed by atoms with Gasteiger partial charge in [0.15, 0.2) is 0 Å². The maximum absolute atomic E-state index is 13.0. The van der Waals surface area contributed by atoms with Crippen LogP contribution in [0.4, 0.5) is 5.69 Å². The van der Waals surface area contributed by atoms with Crippen molar-refractivity contribution in [3.63, 3.8) is 0 Å². The summed E-state index contributed by atoms with van der Waals surface area (Å²) < 4.78 is 0. The molecule has 5 aromatic heterocycles. The smallest absolute Gasteiger partial charge is 0.252 e. The number of halogens is 7. The Labute approximate surface area is 702 Å². The van der Waals surface area contributed by atoms with Crippen molar-refractivity contribution in [2.75, 3.05) is 0 Å². The Balaban J connectivity index is 0.000000164. The summed E-state index contributed by atoms with van der Waals surface area (Å²) >= 11 is 42.0. The van der Waals surface area contributed by atoms with E-state index in [0.717, 1.165) is 51.0 Å². The van der Waals surface area contributed by atoms with Crippen LogP contribution < -0.4 is 27.0 Å². The predicted molar refractivity (Wildman–Crippen MR) is 451 cm³/mol. The summed E-state index contributed by atoms with van der Waals surface area (Å²) in [6, 6.07) is 72.6. The van der Waals surface area contributed by atoms with Crippen LogP contribution in [0, 0.1) is 59.2 Å². The van der Waals surface area contributed by atoms with Crippen LogP contribution in [0.2, 0.25) is 35.4 Å². The van der Waals surface area contributed by atoms with Gasteiger partial charge in [-0.15, -0.1) is 0 Å². The molecule has 0 fully saturated rings. The standard InChI is InChI=1S/C24H16Cl3N3O.C22H17ClN6O.C22H15ClN4O.C20H14Cl2N4O/c25-18-9-11-22(29-14-18)23(17-8-10-19(26)20(27)13-17)30-24(31)16-6-4-15(5-7-16)21-3-1-2-12-28-21;23-18-6-2-16(3-7-18)21(20-10-1-15(11-24)12-27-20)29-22(30)17-4-8-19(9-5-17)28-14-26-13-25;1-14-10-17(3-4-18(14)12-25)22(28)27-21(16-5-7-19(23)8-6-16)20-9-2-15(11-24)13-26-20;1-12-8-14(2-3-15(12)9-23)19(27)26-18(13-4-6-17(21)7-5-13)16-10-24-20(22)25-11-16/h1-14,23H,(H,30,31);1-10,12-14,21H,(H,29,30)(H2,25,26,28);2-10,13,21H,1H3,(H,27,28);2-8,10-11,18H,1H3,(H,26,27)/t23-;2*21-;18-/m0000/s1. The van der Waals surface area contributed by atoms with Crippen LogP contribution in [0.1, 0.15) is 144 Å². The van der Waals surface area contributed by atoms with Crippen molar-refractivity contribution in [2.45, 2.75) is 38.0 Å². The zero-order valence-electron chi connectivity index (χ0n) is 61.1. The molecule has 0 radical (unpaired) electrons. The minimum absolute atomic E-state index is 0.127. The van der Waals surface area contributed by atoms with Crippen LogP contribution in [0.25, 0.3) is 11.3 Å². The number of aliphatic imine (C=N–C) groups is 2. The summed E-state index contributed by atoms with van der Waals surface area (Å²) in [4.78, 5) is 84.7. The van der Waals surface area contributed by atoms with Crippen LogP contribution in [-0.4, -0.2) is 66.2 Å². The van der Waals surface area contributed by atoms with Crippen LogP contribution >= 0.6 is 81.2 Å². The monoisotopic (exact) mass is 1670 g/mol. The molecule has 0 saturated carbocycles. The third-order valence-corrected chi connectivity index (χ3v) is 19.2. The van der Waals surface area contributed by atoms with Crippen molar-refractivity contribution in [3.05, 3.63) is 404 Å². The Morgan fingerprint density at radius 1 is 0.388 bits per heavy atom. The number of nitriles is 4. The molecule has 0 unspecified atom stereocenters. The van der Waals surface area contributed by atoms with E-state index in [4.69, 9.17) is 108 Å². The van der Waals surface area contributed by atoms with Crippen LogP contribution in [0.3, 0.4) is 0 Å². The Morgan fingerprint density at radius 3 is 1.21 bits per heavy atom. The van der Waals surface area contributed by atoms with Gasteiger partial charge < -0.3 is 27.0 Å². The second kappa shape index (κ2) is 41.8. The minimum atomic E-state index is -0.532. The van der Waals surface area contributed by atoms with Gasteiger partial charge in [-0.25, -0.2) is 20.0 Å². The number of nitrogens with two attached hydrogens (primary N) is 1. The number of aromatic nitrogens is 6. The molecule has 4 atom stereocenters. The number of nitrogens with one attached hydrogen (secondary N) is 4.